The van der Waals surface area contributed by atoms with Crippen LogP contribution in [0, 0.1) is 6.92 Å². The van der Waals surface area contributed by atoms with Gasteiger partial charge in [0.1, 0.15) is 11.4 Å². The summed E-state index contributed by atoms with van der Waals surface area (Å²) in [6.07, 6.45) is 0. The van der Waals surface area contributed by atoms with Crippen molar-refractivity contribution in [3.8, 4) is 11.5 Å². The van der Waals surface area contributed by atoms with Crippen LogP contribution >= 0.6 is 0 Å². The molecule has 176 valence electrons. The lowest BCUT2D eigenvalue weighted by Crippen LogP contribution is -2.12. The molecule has 0 unspecified atom stereocenters. The summed E-state index contributed by atoms with van der Waals surface area (Å²) in [7, 11) is 0. The number of primary amides is 1. The molecule has 4 aromatic carbocycles. The Hall–Kier alpha value is -4.72. The molecule has 4 N–H and O–H groups in total. The molecule has 0 saturated heterocycles. The number of phenolic OH excluding ortho intramolecular Hbond substituents is 1. The van der Waals surface area contributed by atoms with Gasteiger partial charge in [0.2, 0.25) is 5.91 Å². The molecule has 4 aromatic rings. The molecule has 0 fully saturated rings. The first-order chi connectivity index (χ1) is 16.9. The second kappa shape index (κ2) is 10.0. The van der Waals surface area contributed by atoms with Crippen LogP contribution in [0.1, 0.15) is 33.2 Å². The van der Waals surface area contributed by atoms with Crippen LogP contribution in [0.4, 0.5) is 17.1 Å². The normalized spacial score (nSPS) is 11.0. The van der Waals surface area contributed by atoms with Gasteiger partial charge in [0.15, 0.2) is 5.75 Å². The molecule has 2 amide bonds. The van der Waals surface area contributed by atoms with E-state index in [1.807, 2.05) is 26.0 Å². The fraction of sp³-hybridized carbons (Fsp3) is 0.111. The summed E-state index contributed by atoms with van der Waals surface area (Å²) < 4.78 is 5.48. The highest BCUT2D eigenvalue weighted by atomic mass is 16.5. The van der Waals surface area contributed by atoms with Gasteiger partial charge in [0.25, 0.3) is 5.91 Å². The molecule has 0 heterocycles. The van der Waals surface area contributed by atoms with Gasteiger partial charge in [0.05, 0.1) is 17.9 Å². The van der Waals surface area contributed by atoms with E-state index in [0.29, 0.717) is 40.1 Å². The van der Waals surface area contributed by atoms with Gasteiger partial charge in [-0.05, 0) is 55.1 Å². The number of carbonyl (C=O) groups is 2. The first-order valence-electron chi connectivity index (χ1n) is 11.0. The Morgan fingerprint density at radius 3 is 2.57 bits per heavy atom. The fourth-order valence-corrected chi connectivity index (χ4v) is 3.59. The summed E-state index contributed by atoms with van der Waals surface area (Å²) in [5, 5.41) is 23.7. The molecule has 0 spiro atoms. The second-order valence-electron chi connectivity index (χ2n) is 7.82. The van der Waals surface area contributed by atoms with Crippen molar-refractivity contribution in [3.63, 3.8) is 0 Å². The Balaban J connectivity index is 1.75. The Kier molecular flexibility index (Phi) is 6.73. The van der Waals surface area contributed by atoms with Gasteiger partial charge in [-0.1, -0.05) is 36.4 Å². The monoisotopic (exact) mass is 468 g/mol. The maximum absolute atomic E-state index is 13.1. The lowest BCUT2D eigenvalue weighted by atomic mass is 10.0. The van der Waals surface area contributed by atoms with Crippen LogP contribution in [-0.4, -0.2) is 23.5 Å². The third kappa shape index (κ3) is 5.11. The predicted octanol–water partition coefficient (Wildman–Crippen LogP) is 6.02. The van der Waals surface area contributed by atoms with Gasteiger partial charge < -0.3 is 20.9 Å². The molecule has 0 aliphatic rings. The molecule has 0 radical (unpaired) electrons. The van der Waals surface area contributed by atoms with E-state index in [1.54, 1.807) is 54.6 Å². The molecule has 8 nitrogen and oxygen atoms in total. The van der Waals surface area contributed by atoms with Crippen LogP contribution in [0.25, 0.3) is 10.8 Å². The van der Waals surface area contributed by atoms with Crippen molar-refractivity contribution < 1.29 is 19.4 Å². The van der Waals surface area contributed by atoms with E-state index in [4.69, 9.17) is 10.5 Å². The highest BCUT2D eigenvalue weighted by Crippen LogP contribution is 2.40. The van der Waals surface area contributed by atoms with Crippen LogP contribution < -0.4 is 15.8 Å². The lowest BCUT2D eigenvalue weighted by Gasteiger charge is -2.12. The highest BCUT2D eigenvalue weighted by Gasteiger charge is 2.19. The van der Waals surface area contributed by atoms with E-state index in [0.717, 1.165) is 5.56 Å². The van der Waals surface area contributed by atoms with E-state index >= 15 is 0 Å². The SMILES string of the molecule is CCOc1cccc(NC(=O)c2cc3ccccc3c(N=Nc3cc(C(N)=O)ccc3C)c2O)c1. The van der Waals surface area contributed by atoms with Crippen LogP contribution in [0.3, 0.4) is 0 Å². The van der Waals surface area contributed by atoms with E-state index in [9.17, 15) is 14.7 Å². The number of aryl methyl sites for hydroxylation is 1. The van der Waals surface area contributed by atoms with Gasteiger partial charge >= 0.3 is 0 Å². The molecule has 8 heteroatoms. The van der Waals surface area contributed by atoms with Crippen molar-refractivity contribution in [3.05, 3.63) is 89.5 Å². The van der Waals surface area contributed by atoms with Crippen LogP contribution in [0.5, 0.6) is 11.5 Å². The number of phenols is 1. The van der Waals surface area contributed by atoms with Crippen LogP contribution in [0.15, 0.2) is 83.0 Å². The average Bonchev–Trinajstić information content (AvgIpc) is 2.84. The third-order valence-corrected chi connectivity index (χ3v) is 5.39. The molecule has 4 rings (SSSR count). The molecular formula is C27H24N4O4. The number of hydrogen-bond acceptors (Lipinski definition) is 6. The summed E-state index contributed by atoms with van der Waals surface area (Å²) in [5.41, 5.74) is 7.57. The Morgan fingerprint density at radius 1 is 1.00 bits per heavy atom. The van der Waals surface area contributed by atoms with Crippen molar-refractivity contribution in [1.29, 1.82) is 0 Å². The first-order valence-corrected chi connectivity index (χ1v) is 11.0. The predicted molar refractivity (Wildman–Crippen MR) is 135 cm³/mol. The highest BCUT2D eigenvalue weighted by molar-refractivity contribution is 6.11. The maximum Gasteiger partial charge on any atom is 0.259 e. The van der Waals surface area contributed by atoms with Crippen molar-refractivity contribution in [2.24, 2.45) is 16.0 Å². The quantitative estimate of drug-likeness (QED) is 0.287. The Labute approximate surface area is 202 Å². The maximum atomic E-state index is 13.1. The van der Waals surface area contributed by atoms with E-state index in [-0.39, 0.29) is 17.0 Å². The van der Waals surface area contributed by atoms with Crippen molar-refractivity contribution in [2.45, 2.75) is 13.8 Å². The standard InChI is InChI=1S/C27H24N4O4/c1-3-35-20-9-6-8-19(15-20)29-27(34)22-13-17-7-4-5-10-21(17)24(25(22)32)31-30-23-14-18(26(28)33)12-11-16(23)2/h4-15,32H,3H2,1-2H3,(H2,28,33)(H,29,34). The van der Waals surface area contributed by atoms with Gasteiger partial charge in [0, 0.05) is 22.7 Å². The average molecular weight is 469 g/mol. The molecule has 35 heavy (non-hydrogen) atoms. The number of rotatable bonds is 7. The summed E-state index contributed by atoms with van der Waals surface area (Å²) in [5.74, 6) is -0.780. The number of hydrogen-bond donors (Lipinski definition) is 3. The number of anilines is 1. The minimum absolute atomic E-state index is 0.0436. The van der Waals surface area contributed by atoms with E-state index in [2.05, 4.69) is 15.5 Å². The van der Waals surface area contributed by atoms with Gasteiger partial charge in [-0.2, -0.15) is 5.11 Å². The van der Waals surface area contributed by atoms with Crippen LogP contribution in [0.2, 0.25) is 0 Å². The smallest absolute Gasteiger partial charge is 0.259 e. The summed E-state index contributed by atoms with van der Waals surface area (Å²) in [6, 6.07) is 20.7. The summed E-state index contributed by atoms with van der Waals surface area (Å²) in [4.78, 5) is 24.7. The zero-order valence-electron chi connectivity index (χ0n) is 19.3. The molecule has 0 aromatic heterocycles. The third-order valence-electron chi connectivity index (χ3n) is 5.39. The minimum atomic E-state index is -0.582. The second-order valence-corrected chi connectivity index (χ2v) is 7.82. The number of fused-ring (bicyclic) bond motifs is 1. The van der Waals surface area contributed by atoms with E-state index < -0.39 is 11.8 Å². The lowest BCUT2D eigenvalue weighted by molar-refractivity contribution is 0.0997. The number of benzene rings is 4. The topological polar surface area (TPSA) is 126 Å². The van der Waals surface area contributed by atoms with Gasteiger partial charge in [-0.3, -0.25) is 9.59 Å². The largest absolute Gasteiger partial charge is 0.505 e. The number of nitrogens with one attached hydrogen (secondary N) is 1. The number of nitrogens with two attached hydrogens (primary N) is 1. The molecule has 0 aliphatic heterocycles. The molecular weight excluding hydrogens is 444 g/mol. The van der Waals surface area contributed by atoms with Gasteiger partial charge in [-0.15, -0.1) is 5.11 Å². The fourth-order valence-electron chi connectivity index (χ4n) is 3.59. The summed E-state index contributed by atoms with van der Waals surface area (Å²) >= 11 is 0. The van der Waals surface area contributed by atoms with Crippen molar-refractivity contribution in [2.75, 3.05) is 11.9 Å². The molecule has 0 saturated carbocycles. The molecule has 0 bridgehead atoms. The first kappa shape index (κ1) is 23.4. The van der Waals surface area contributed by atoms with Crippen molar-refractivity contribution >= 4 is 39.6 Å². The van der Waals surface area contributed by atoms with Gasteiger partial charge in [-0.25, -0.2) is 0 Å². The number of ether oxygens (including phenoxy) is 1. The van der Waals surface area contributed by atoms with E-state index in [1.165, 1.54) is 6.07 Å². The molecule has 0 aliphatic carbocycles. The number of carbonyl (C=O) groups excluding carboxylic acids is 2. The summed E-state index contributed by atoms with van der Waals surface area (Å²) in [6.45, 7) is 4.19. The minimum Gasteiger partial charge on any atom is -0.505 e. The zero-order valence-corrected chi connectivity index (χ0v) is 19.3. The number of nitrogens with zero attached hydrogens (tertiary/aromatic N) is 2. The molecule has 0 atom stereocenters. The van der Waals surface area contributed by atoms with Crippen LogP contribution in [-0.2, 0) is 0 Å². The number of azo groups is 1. The zero-order chi connectivity index (χ0) is 24.9. The van der Waals surface area contributed by atoms with Crippen molar-refractivity contribution in [1.82, 2.24) is 0 Å². The number of amides is 2. The number of aromatic hydroxyl groups is 1. The Morgan fingerprint density at radius 2 is 1.80 bits per heavy atom. The Bertz CT molecular complexity index is 1460.